The molecule has 0 saturated heterocycles. The molecule has 128 valence electrons. The predicted molar refractivity (Wildman–Crippen MR) is 98.7 cm³/mol. The van der Waals surface area contributed by atoms with Crippen LogP contribution in [0.15, 0.2) is 24.3 Å². The molecule has 2 aliphatic carbocycles. The molecule has 5 rings (SSSR count). The van der Waals surface area contributed by atoms with Gasteiger partial charge in [0.05, 0.1) is 11.7 Å². The molecule has 4 nitrogen and oxygen atoms in total. The van der Waals surface area contributed by atoms with Crippen molar-refractivity contribution in [2.75, 3.05) is 5.32 Å². The monoisotopic (exact) mass is 372 g/mol. The van der Waals surface area contributed by atoms with Crippen LogP contribution in [0.25, 0.3) is 10.6 Å². The van der Waals surface area contributed by atoms with Crippen molar-refractivity contribution in [2.45, 2.75) is 44.1 Å². The summed E-state index contributed by atoms with van der Waals surface area (Å²) >= 11 is 3.18. The highest BCUT2D eigenvalue weighted by Crippen LogP contribution is 2.41. The maximum atomic E-state index is 13.2. The summed E-state index contributed by atoms with van der Waals surface area (Å²) in [5.41, 5.74) is 2.10. The van der Waals surface area contributed by atoms with Crippen LogP contribution >= 0.6 is 22.9 Å². The van der Waals surface area contributed by atoms with E-state index in [2.05, 4.69) is 14.7 Å². The van der Waals surface area contributed by atoms with Crippen LogP contribution in [0.3, 0.4) is 0 Å². The van der Waals surface area contributed by atoms with Crippen molar-refractivity contribution < 1.29 is 4.39 Å². The first-order chi connectivity index (χ1) is 12.3. The highest BCUT2D eigenvalue weighted by atomic mass is 32.1. The molecule has 2 aliphatic rings. The molecule has 1 aromatic carbocycles. The SMILES string of the molecule is Fc1ccc(-c2nc3c(s2)CCCC3Nc2nc(C3CC3)ns2)cc1. The summed E-state index contributed by atoms with van der Waals surface area (Å²) in [6, 6.07) is 6.77. The number of aromatic nitrogens is 3. The van der Waals surface area contributed by atoms with E-state index in [9.17, 15) is 4.39 Å². The van der Waals surface area contributed by atoms with E-state index in [1.807, 2.05) is 0 Å². The van der Waals surface area contributed by atoms with Gasteiger partial charge in [0.2, 0.25) is 5.13 Å². The number of nitrogens with one attached hydrogen (secondary N) is 1. The number of thiazole rings is 1. The Bertz CT molecular complexity index is 898. The van der Waals surface area contributed by atoms with Gasteiger partial charge in [0.1, 0.15) is 16.6 Å². The number of halogens is 1. The van der Waals surface area contributed by atoms with Crippen molar-refractivity contribution in [3.63, 3.8) is 0 Å². The van der Waals surface area contributed by atoms with E-state index in [1.54, 1.807) is 23.5 Å². The van der Waals surface area contributed by atoms with E-state index in [0.29, 0.717) is 5.92 Å². The number of hydrogen-bond donors (Lipinski definition) is 1. The third kappa shape index (κ3) is 3.06. The molecular formula is C18H17FN4S2. The number of nitrogens with zero attached hydrogens (tertiary/aromatic N) is 3. The molecule has 0 aliphatic heterocycles. The van der Waals surface area contributed by atoms with Gasteiger partial charge in [-0.3, -0.25) is 0 Å². The highest BCUT2D eigenvalue weighted by molar-refractivity contribution is 7.15. The summed E-state index contributed by atoms with van der Waals surface area (Å²) in [5.74, 6) is 1.36. The van der Waals surface area contributed by atoms with Crippen LogP contribution in [-0.2, 0) is 6.42 Å². The van der Waals surface area contributed by atoms with Gasteiger partial charge in [0.15, 0.2) is 0 Å². The molecule has 0 amide bonds. The van der Waals surface area contributed by atoms with Crippen LogP contribution in [0.2, 0.25) is 0 Å². The molecule has 0 spiro atoms. The molecule has 7 heteroatoms. The quantitative estimate of drug-likeness (QED) is 0.687. The third-order valence-corrected chi connectivity index (χ3v) is 6.57. The zero-order valence-electron chi connectivity index (χ0n) is 13.5. The minimum Gasteiger partial charge on any atom is -0.352 e. The fraction of sp³-hybridized carbons (Fsp3) is 0.389. The molecule has 0 radical (unpaired) electrons. The first kappa shape index (κ1) is 15.4. The number of fused-ring (bicyclic) bond motifs is 1. The normalized spacial score (nSPS) is 19.6. The number of benzene rings is 1. The second-order valence-corrected chi connectivity index (χ2v) is 8.49. The molecule has 2 aromatic heterocycles. The van der Waals surface area contributed by atoms with Crippen LogP contribution in [0.5, 0.6) is 0 Å². The van der Waals surface area contributed by atoms with E-state index in [0.717, 1.165) is 46.5 Å². The van der Waals surface area contributed by atoms with Gasteiger partial charge in [-0.15, -0.1) is 11.3 Å². The average Bonchev–Trinajstić information content (AvgIpc) is 3.20. The van der Waals surface area contributed by atoms with Gasteiger partial charge in [0, 0.05) is 27.9 Å². The van der Waals surface area contributed by atoms with Gasteiger partial charge in [-0.05, 0) is 56.4 Å². The first-order valence-corrected chi connectivity index (χ1v) is 10.2. The Balaban J connectivity index is 1.41. The summed E-state index contributed by atoms with van der Waals surface area (Å²) in [5, 5.41) is 5.41. The zero-order chi connectivity index (χ0) is 16.8. The molecule has 25 heavy (non-hydrogen) atoms. The van der Waals surface area contributed by atoms with Crippen LogP contribution < -0.4 is 5.32 Å². The zero-order valence-corrected chi connectivity index (χ0v) is 15.2. The Morgan fingerprint density at radius 1 is 1.08 bits per heavy atom. The summed E-state index contributed by atoms with van der Waals surface area (Å²) in [4.78, 5) is 10.8. The lowest BCUT2D eigenvalue weighted by molar-refractivity contribution is 0.594. The Morgan fingerprint density at radius 3 is 2.72 bits per heavy atom. The molecule has 1 atom stereocenters. The predicted octanol–water partition coefficient (Wildman–Crippen LogP) is 5.17. The Morgan fingerprint density at radius 2 is 1.92 bits per heavy atom. The Hall–Kier alpha value is -1.86. The third-order valence-electron chi connectivity index (χ3n) is 4.73. The summed E-state index contributed by atoms with van der Waals surface area (Å²) in [6.07, 6.45) is 5.70. The average molecular weight is 372 g/mol. The van der Waals surface area contributed by atoms with E-state index < -0.39 is 0 Å². The number of rotatable bonds is 4. The van der Waals surface area contributed by atoms with Gasteiger partial charge < -0.3 is 5.32 Å². The summed E-state index contributed by atoms with van der Waals surface area (Å²) in [6.45, 7) is 0. The fourth-order valence-electron chi connectivity index (χ4n) is 3.22. The Kier molecular flexibility index (Phi) is 3.78. The lowest BCUT2D eigenvalue weighted by atomic mass is 9.98. The first-order valence-electron chi connectivity index (χ1n) is 8.62. The van der Waals surface area contributed by atoms with Gasteiger partial charge in [-0.1, -0.05) is 0 Å². The molecular weight excluding hydrogens is 355 g/mol. The van der Waals surface area contributed by atoms with Gasteiger partial charge in [0.25, 0.3) is 0 Å². The van der Waals surface area contributed by atoms with E-state index in [1.165, 1.54) is 41.4 Å². The second-order valence-electron chi connectivity index (χ2n) is 6.66. The molecule has 2 heterocycles. The van der Waals surface area contributed by atoms with Crippen molar-refractivity contribution in [3.05, 3.63) is 46.5 Å². The molecule has 1 saturated carbocycles. The van der Waals surface area contributed by atoms with Crippen LogP contribution in [0, 0.1) is 5.82 Å². The number of hydrogen-bond acceptors (Lipinski definition) is 6. The van der Waals surface area contributed by atoms with Crippen LogP contribution in [0.1, 0.15) is 54.0 Å². The number of aryl methyl sites for hydroxylation is 1. The number of anilines is 1. The highest BCUT2D eigenvalue weighted by Gasteiger charge is 2.29. The Labute approximate surface area is 153 Å². The second kappa shape index (κ2) is 6.14. The van der Waals surface area contributed by atoms with Gasteiger partial charge >= 0.3 is 0 Å². The van der Waals surface area contributed by atoms with Gasteiger partial charge in [-0.25, -0.2) is 14.4 Å². The molecule has 1 N–H and O–H groups in total. The summed E-state index contributed by atoms with van der Waals surface area (Å²) < 4.78 is 17.6. The molecule has 0 bridgehead atoms. The minimum absolute atomic E-state index is 0.189. The van der Waals surface area contributed by atoms with Crippen molar-refractivity contribution in [3.8, 4) is 10.6 Å². The minimum atomic E-state index is -0.215. The largest absolute Gasteiger partial charge is 0.352 e. The van der Waals surface area contributed by atoms with Crippen LogP contribution in [0.4, 0.5) is 9.52 Å². The fourth-order valence-corrected chi connectivity index (χ4v) is 5.09. The lowest BCUT2D eigenvalue weighted by Gasteiger charge is -2.21. The maximum absolute atomic E-state index is 13.2. The van der Waals surface area contributed by atoms with Crippen molar-refractivity contribution in [1.29, 1.82) is 0 Å². The molecule has 3 aromatic rings. The maximum Gasteiger partial charge on any atom is 0.203 e. The van der Waals surface area contributed by atoms with Crippen molar-refractivity contribution in [2.24, 2.45) is 0 Å². The molecule has 1 fully saturated rings. The van der Waals surface area contributed by atoms with Gasteiger partial charge in [-0.2, -0.15) is 4.37 Å². The van der Waals surface area contributed by atoms with E-state index >= 15 is 0 Å². The van der Waals surface area contributed by atoms with E-state index in [4.69, 9.17) is 4.98 Å². The topological polar surface area (TPSA) is 50.7 Å². The summed E-state index contributed by atoms with van der Waals surface area (Å²) in [7, 11) is 0. The standard InChI is InChI=1S/C18H17FN4S2/c19-12-8-6-11(7-9-12)17-21-15-13(2-1-3-14(15)24-17)20-18-22-16(23-25-18)10-4-5-10/h6-10,13H,1-5H2,(H,20,22,23). The van der Waals surface area contributed by atoms with Crippen molar-refractivity contribution >= 4 is 28.0 Å². The van der Waals surface area contributed by atoms with Crippen LogP contribution in [-0.4, -0.2) is 14.3 Å². The smallest absolute Gasteiger partial charge is 0.203 e. The lowest BCUT2D eigenvalue weighted by Crippen LogP contribution is -2.16. The van der Waals surface area contributed by atoms with E-state index in [-0.39, 0.29) is 11.9 Å². The molecule has 1 unspecified atom stereocenters. The van der Waals surface area contributed by atoms with Crippen molar-refractivity contribution in [1.82, 2.24) is 14.3 Å².